The standard InChI is InChI=1S/C4H7F4NO/c1-2(10-9)4(7,8)3(5)6/h2-3H,9H2,1H3. The molecular weight excluding hydrogens is 154 g/mol. The van der Waals surface area contributed by atoms with E-state index in [0.717, 1.165) is 6.92 Å². The Balaban J connectivity index is 4.09. The molecule has 0 bridgehead atoms. The van der Waals surface area contributed by atoms with Gasteiger partial charge in [-0.3, -0.25) is 4.84 Å². The third-order valence-corrected chi connectivity index (χ3v) is 1.04. The van der Waals surface area contributed by atoms with Crippen molar-refractivity contribution in [2.45, 2.75) is 25.4 Å². The summed E-state index contributed by atoms with van der Waals surface area (Å²) in [7, 11) is 0. The Morgan fingerprint density at radius 2 is 1.80 bits per heavy atom. The molecule has 0 radical (unpaired) electrons. The smallest absolute Gasteiger partial charge is 0.295 e. The van der Waals surface area contributed by atoms with Crippen molar-refractivity contribution in [1.29, 1.82) is 0 Å². The number of alkyl halides is 4. The molecule has 0 aliphatic heterocycles. The third-order valence-electron chi connectivity index (χ3n) is 1.04. The lowest BCUT2D eigenvalue weighted by molar-refractivity contribution is -0.202. The topological polar surface area (TPSA) is 35.2 Å². The number of rotatable bonds is 3. The lowest BCUT2D eigenvalue weighted by Gasteiger charge is -2.19. The molecule has 6 heteroatoms. The number of hydrogen-bond acceptors (Lipinski definition) is 2. The predicted molar refractivity (Wildman–Crippen MR) is 25.7 cm³/mol. The zero-order valence-electron chi connectivity index (χ0n) is 5.15. The van der Waals surface area contributed by atoms with Crippen LogP contribution in [0.25, 0.3) is 0 Å². The summed E-state index contributed by atoms with van der Waals surface area (Å²) in [5, 5.41) is 0. The van der Waals surface area contributed by atoms with Crippen LogP contribution in [-0.2, 0) is 4.84 Å². The average molecular weight is 161 g/mol. The summed E-state index contributed by atoms with van der Waals surface area (Å²) >= 11 is 0. The molecule has 0 aromatic heterocycles. The number of nitrogens with two attached hydrogens (primary N) is 1. The van der Waals surface area contributed by atoms with Crippen LogP contribution in [0.5, 0.6) is 0 Å². The van der Waals surface area contributed by atoms with Crippen LogP contribution in [0.15, 0.2) is 0 Å². The maximum absolute atomic E-state index is 12.0. The van der Waals surface area contributed by atoms with E-state index in [0.29, 0.717) is 0 Å². The zero-order chi connectivity index (χ0) is 8.36. The van der Waals surface area contributed by atoms with Gasteiger partial charge in [-0.25, -0.2) is 14.7 Å². The maximum atomic E-state index is 12.0. The summed E-state index contributed by atoms with van der Waals surface area (Å²) in [6, 6.07) is 0. The molecule has 0 aromatic carbocycles. The van der Waals surface area contributed by atoms with Crippen LogP contribution >= 0.6 is 0 Å². The first-order chi connectivity index (χ1) is 4.42. The van der Waals surface area contributed by atoms with Gasteiger partial charge in [-0.1, -0.05) is 0 Å². The van der Waals surface area contributed by atoms with Gasteiger partial charge in [0.2, 0.25) is 0 Å². The molecule has 0 aromatic rings. The highest BCUT2D eigenvalue weighted by Gasteiger charge is 2.47. The number of hydrogen-bond donors (Lipinski definition) is 1. The molecule has 0 saturated heterocycles. The summed E-state index contributed by atoms with van der Waals surface area (Å²) < 4.78 is 46.7. The Morgan fingerprint density at radius 1 is 1.40 bits per heavy atom. The lowest BCUT2D eigenvalue weighted by Crippen LogP contribution is -2.41. The molecule has 0 amide bonds. The molecule has 0 aliphatic rings. The fourth-order valence-electron chi connectivity index (χ4n) is 0.268. The third kappa shape index (κ3) is 1.81. The largest absolute Gasteiger partial charge is 0.334 e. The Hall–Kier alpha value is -0.360. The molecule has 1 unspecified atom stereocenters. The first-order valence-corrected chi connectivity index (χ1v) is 2.44. The average Bonchev–Trinajstić information content (AvgIpc) is 1.86. The summed E-state index contributed by atoms with van der Waals surface area (Å²) in [4.78, 5) is 3.55. The van der Waals surface area contributed by atoms with Crippen molar-refractivity contribution in [2.24, 2.45) is 5.90 Å². The van der Waals surface area contributed by atoms with Gasteiger partial charge in [0.05, 0.1) is 0 Å². The fourth-order valence-corrected chi connectivity index (χ4v) is 0.268. The van der Waals surface area contributed by atoms with Crippen molar-refractivity contribution in [3.05, 3.63) is 0 Å². The minimum atomic E-state index is -4.17. The second-order valence-electron chi connectivity index (χ2n) is 1.75. The molecule has 2 nitrogen and oxygen atoms in total. The van der Waals surface area contributed by atoms with E-state index in [1.54, 1.807) is 0 Å². The zero-order valence-corrected chi connectivity index (χ0v) is 5.15. The Kier molecular flexibility index (Phi) is 3.04. The van der Waals surface area contributed by atoms with Crippen molar-refractivity contribution in [1.82, 2.24) is 0 Å². The van der Waals surface area contributed by atoms with E-state index in [2.05, 4.69) is 10.7 Å². The van der Waals surface area contributed by atoms with E-state index in [4.69, 9.17) is 0 Å². The van der Waals surface area contributed by atoms with E-state index < -0.39 is 18.5 Å². The van der Waals surface area contributed by atoms with Crippen LogP contribution in [0.4, 0.5) is 17.6 Å². The molecule has 62 valence electrons. The van der Waals surface area contributed by atoms with Crippen molar-refractivity contribution >= 4 is 0 Å². The molecular formula is C4H7F4NO. The molecule has 0 fully saturated rings. The van der Waals surface area contributed by atoms with Gasteiger partial charge in [0.15, 0.2) is 0 Å². The molecule has 0 aliphatic carbocycles. The van der Waals surface area contributed by atoms with E-state index in [1.165, 1.54) is 0 Å². The monoisotopic (exact) mass is 161 g/mol. The van der Waals surface area contributed by atoms with Gasteiger partial charge in [0.25, 0.3) is 0 Å². The van der Waals surface area contributed by atoms with Crippen LogP contribution in [0.1, 0.15) is 6.92 Å². The minimum absolute atomic E-state index is 0.770. The van der Waals surface area contributed by atoms with Crippen molar-refractivity contribution < 1.29 is 22.4 Å². The summed E-state index contributed by atoms with van der Waals surface area (Å²) in [6.45, 7) is 0.770. The SMILES string of the molecule is CC(ON)C(F)(F)C(F)F. The molecule has 10 heavy (non-hydrogen) atoms. The second kappa shape index (κ2) is 3.16. The molecule has 0 spiro atoms. The van der Waals surface area contributed by atoms with Crippen molar-refractivity contribution in [3.63, 3.8) is 0 Å². The predicted octanol–water partition coefficient (Wildman–Crippen LogP) is 1.17. The first kappa shape index (κ1) is 9.64. The summed E-state index contributed by atoms with van der Waals surface area (Å²) in [6.07, 6.45) is -5.71. The number of halogens is 4. The highest BCUT2D eigenvalue weighted by molar-refractivity contribution is 4.75. The van der Waals surface area contributed by atoms with Crippen LogP contribution in [0.3, 0.4) is 0 Å². The minimum Gasteiger partial charge on any atom is -0.295 e. The van der Waals surface area contributed by atoms with Crippen LogP contribution in [0, 0.1) is 0 Å². The van der Waals surface area contributed by atoms with Gasteiger partial charge in [0, 0.05) is 0 Å². The van der Waals surface area contributed by atoms with Crippen LogP contribution in [-0.4, -0.2) is 18.5 Å². The lowest BCUT2D eigenvalue weighted by atomic mass is 10.2. The van der Waals surface area contributed by atoms with E-state index in [-0.39, 0.29) is 0 Å². The maximum Gasteiger partial charge on any atom is 0.334 e. The molecule has 0 saturated carbocycles. The van der Waals surface area contributed by atoms with E-state index in [9.17, 15) is 17.6 Å². The molecule has 0 rings (SSSR count). The Labute approximate surface area is 54.9 Å². The van der Waals surface area contributed by atoms with E-state index in [1.807, 2.05) is 0 Å². The van der Waals surface area contributed by atoms with Crippen LogP contribution < -0.4 is 5.90 Å². The van der Waals surface area contributed by atoms with Gasteiger partial charge >= 0.3 is 12.3 Å². The summed E-state index contributed by atoms with van der Waals surface area (Å²) in [5.74, 6) is 0.111. The second-order valence-corrected chi connectivity index (χ2v) is 1.75. The van der Waals surface area contributed by atoms with Crippen LogP contribution in [0.2, 0.25) is 0 Å². The van der Waals surface area contributed by atoms with Gasteiger partial charge in [-0.05, 0) is 6.92 Å². The summed E-state index contributed by atoms with van der Waals surface area (Å²) in [5.41, 5.74) is 0. The molecule has 2 N–H and O–H groups in total. The molecule has 0 heterocycles. The van der Waals surface area contributed by atoms with Crippen molar-refractivity contribution in [2.75, 3.05) is 0 Å². The van der Waals surface area contributed by atoms with Crippen molar-refractivity contribution in [3.8, 4) is 0 Å². The highest BCUT2D eigenvalue weighted by Crippen LogP contribution is 2.27. The Morgan fingerprint density at radius 3 is 1.90 bits per heavy atom. The normalized spacial score (nSPS) is 15.9. The molecule has 1 atom stereocenters. The highest BCUT2D eigenvalue weighted by atomic mass is 19.3. The fraction of sp³-hybridized carbons (Fsp3) is 1.00. The van der Waals surface area contributed by atoms with Gasteiger partial charge < -0.3 is 0 Å². The van der Waals surface area contributed by atoms with Gasteiger partial charge in [0.1, 0.15) is 6.10 Å². The van der Waals surface area contributed by atoms with E-state index >= 15 is 0 Å². The first-order valence-electron chi connectivity index (χ1n) is 2.44. The van der Waals surface area contributed by atoms with Gasteiger partial charge in [-0.15, -0.1) is 0 Å². The Bertz CT molecular complexity index is 107. The quantitative estimate of drug-likeness (QED) is 0.498. The van der Waals surface area contributed by atoms with Gasteiger partial charge in [-0.2, -0.15) is 8.78 Å².